The number of carbonyl (C=O) groups is 1. The maximum Gasteiger partial charge on any atom is 0.338 e. The third-order valence-corrected chi connectivity index (χ3v) is 7.00. The molecule has 2 heterocycles. The summed E-state index contributed by atoms with van der Waals surface area (Å²) in [6.45, 7) is 14.0. The van der Waals surface area contributed by atoms with Crippen molar-refractivity contribution in [3.05, 3.63) is 97.2 Å². The second-order valence-corrected chi connectivity index (χ2v) is 10.3. The third-order valence-electron chi connectivity index (χ3n) is 6.02. The molecule has 0 unspecified atom stereocenters. The van der Waals surface area contributed by atoms with Crippen LogP contribution in [0, 0.1) is 0 Å². The van der Waals surface area contributed by atoms with Crippen molar-refractivity contribution in [3.63, 3.8) is 0 Å². The van der Waals surface area contributed by atoms with E-state index in [1.807, 2.05) is 63.2 Å². The minimum Gasteiger partial charge on any atom is -0.491 e. The fourth-order valence-corrected chi connectivity index (χ4v) is 5.50. The Hall–Kier alpha value is -4.11. The first kappa shape index (κ1) is 28.9. The molecule has 40 heavy (non-hydrogen) atoms. The van der Waals surface area contributed by atoms with Gasteiger partial charge in [-0.2, -0.15) is 0 Å². The van der Waals surface area contributed by atoms with E-state index >= 15 is 0 Å². The number of fused-ring (bicyclic) bond motifs is 1. The third kappa shape index (κ3) is 6.04. The molecule has 210 valence electrons. The Balaban J connectivity index is 1.91. The standard InChI is InChI=1S/C31H34N2O6S/c1-7-16-38-24-15-14-21(17-25(24)36-8-2)18-26-29(34)33-28(22-12-10-11-13-23(22)39-19(4)5)27(30(35)37-9-3)20(6)32-31(33)40-26/h7,10-15,17-19,28H,1,8-9,16H2,2-6H3/b26-18-/t28-/m0/s1. The first-order chi connectivity index (χ1) is 19.3. The van der Waals surface area contributed by atoms with Gasteiger partial charge in [0.2, 0.25) is 0 Å². The first-order valence-corrected chi connectivity index (χ1v) is 14.1. The summed E-state index contributed by atoms with van der Waals surface area (Å²) >= 11 is 1.26. The van der Waals surface area contributed by atoms with E-state index in [0.29, 0.717) is 56.6 Å². The highest BCUT2D eigenvalue weighted by Crippen LogP contribution is 2.36. The van der Waals surface area contributed by atoms with Crippen LogP contribution in [-0.4, -0.2) is 36.5 Å². The van der Waals surface area contributed by atoms with Crippen molar-refractivity contribution in [2.45, 2.75) is 46.8 Å². The van der Waals surface area contributed by atoms with E-state index in [0.717, 1.165) is 5.56 Å². The Kier molecular flexibility index (Phi) is 9.26. The fourth-order valence-electron chi connectivity index (χ4n) is 4.46. The monoisotopic (exact) mass is 562 g/mol. The molecule has 0 amide bonds. The van der Waals surface area contributed by atoms with Gasteiger partial charge < -0.3 is 18.9 Å². The van der Waals surface area contributed by atoms with Crippen molar-refractivity contribution in [2.75, 3.05) is 19.8 Å². The lowest BCUT2D eigenvalue weighted by Crippen LogP contribution is -2.40. The Morgan fingerprint density at radius 3 is 2.58 bits per heavy atom. The van der Waals surface area contributed by atoms with E-state index in [4.69, 9.17) is 18.9 Å². The molecule has 1 aliphatic heterocycles. The van der Waals surface area contributed by atoms with Gasteiger partial charge in [-0.15, -0.1) is 0 Å². The summed E-state index contributed by atoms with van der Waals surface area (Å²) in [6, 6.07) is 12.2. The number of hydrogen-bond donors (Lipinski definition) is 0. The van der Waals surface area contributed by atoms with Crippen LogP contribution < -0.4 is 29.1 Å². The number of allylic oxidation sites excluding steroid dienone is 1. The molecule has 1 aliphatic rings. The smallest absolute Gasteiger partial charge is 0.338 e. The lowest BCUT2D eigenvalue weighted by molar-refractivity contribution is -0.139. The summed E-state index contributed by atoms with van der Waals surface area (Å²) in [5.41, 5.74) is 1.98. The van der Waals surface area contributed by atoms with Crippen LogP contribution in [0.15, 0.2) is 76.2 Å². The van der Waals surface area contributed by atoms with Gasteiger partial charge in [0.25, 0.3) is 5.56 Å². The molecule has 0 aliphatic carbocycles. The normalized spacial score (nSPS) is 14.9. The highest BCUT2D eigenvalue weighted by atomic mass is 32.1. The summed E-state index contributed by atoms with van der Waals surface area (Å²) in [5.74, 6) is 1.24. The lowest BCUT2D eigenvalue weighted by atomic mass is 9.95. The van der Waals surface area contributed by atoms with E-state index < -0.39 is 12.0 Å². The molecule has 3 aromatic rings. The summed E-state index contributed by atoms with van der Waals surface area (Å²) in [5, 5.41) is 0. The van der Waals surface area contributed by atoms with Crippen molar-refractivity contribution in [2.24, 2.45) is 4.99 Å². The van der Waals surface area contributed by atoms with E-state index in [9.17, 15) is 9.59 Å². The van der Waals surface area contributed by atoms with Gasteiger partial charge in [-0.05, 0) is 64.5 Å². The van der Waals surface area contributed by atoms with Crippen LogP contribution in [0.25, 0.3) is 6.08 Å². The molecule has 0 radical (unpaired) electrons. The zero-order valence-corrected chi connectivity index (χ0v) is 24.2. The van der Waals surface area contributed by atoms with Gasteiger partial charge in [0, 0.05) is 5.56 Å². The predicted octanol–water partition coefficient (Wildman–Crippen LogP) is 4.55. The highest BCUT2D eigenvalue weighted by Gasteiger charge is 2.35. The van der Waals surface area contributed by atoms with E-state index in [1.54, 1.807) is 30.6 Å². The van der Waals surface area contributed by atoms with Gasteiger partial charge >= 0.3 is 5.97 Å². The van der Waals surface area contributed by atoms with Crippen molar-refractivity contribution in [3.8, 4) is 17.2 Å². The number of thiazole rings is 1. The topological polar surface area (TPSA) is 88.4 Å². The highest BCUT2D eigenvalue weighted by molar-refractivity contribution is 7.07. The van der Waals surface area contributed by atoms with Crippen LogP contribution in [0.5, 0.6) is 17.2 Å². The van der Waals surface area contributed by atoms with E-state index in [2.05, 4.69) is 11.6 Å². The molecule has 0 fully saturated rings. The number of benzene rings is 2. The van der Waals surface area contributed by atoms with E-state index in [-0.39, 0.29) is 18.3 Å². The second-order valence-electron chi connectivity index (χ2n) is 9.25. The number of carbonyl (C=O) groups excluding carboxylic acids is 1. The van der Waals surface area contributed by atoms with Crippen molar-refractivity contribution >= 4 is 23.4 Å². The average Bonchev–Trinajstić information content (AvgIpc) is 3.22. The Labute approximate surface area is 237 Å². The molecule has 9 heteroatoms. The summed E-state index contributed by atoms with van der Waals surface area (Å²) < 4.78 is 25.0. The largest absolute Gasteiger partial charge is 0.491 e. The summed E-state index contributed by atoms with van der Waals surface area (Å²) in [6.07, 6.45) is 3.35. The molecular formula is C31H34N2O6S. The second kappa shape index (κ2) is 12.8. The molecule has 0 N–H and O–H groups in total. The number of nitrogens with zero attached hydrogens (tertiary/aromatic N) is 2. The number of para-hydroxylation sites is 1. The number of ether oxygens (including phenoxy) is 4. The molecule has 2 aromatic carbocycles. The molecule has 0 saturated carbocycles. The van der Waals surface area contributed by atoms with Crippen molar-refractivity contribution < 1.29 is 23.7 Å². The van der Waals surface area contributed by atoms with Crippen LogP contribution >= 0.6 is 11.3 Å². The minimum atomic E-state index is -0.763. The molecule has 8 nitrogen and oxygen atoms in total. The molecule has 1 aromatic heterocycles. The van der Waals surface area contributed by atoms with Gasteiger partial charge in [0.05, 0.1) is 35.1 Å². The molecule has 0 spiro atoms. The zero-order chi connectivity index (χ0) is 28.8. The fraction of sp³-hybridized carbons (Fsp3) is 0.323. The predicted molar refractivity (Wildman–Crippen MR) is 156 cm³/mol. The summed E-state index contributed by atoms with van der Waals surface area (Å²) in [7, 11) is 0. The molecule has 0 bridgehead atoms. The van der Waals surface area contributed by atoms with Crippen LogP contribution in [0.4, 0.5) is 0 Å². The number of hydrogen-bond acceptors (Lipinski definition) is 8. The molecule has 4 rings (SSSR count). The van der Waals surface area contributed by atoms with Crippen molar-refractivity contribution in [1.29, 1.82) is 0 Å². The number of aromatic nitrogens is 1. The first-order valence-electron chi connectivity index (χ1n) is 13.2. The molecular weight excluding hydrogens is 528 g/mol. The Morgan fingerprint density at radius 1 is 1.10 bits per heavy atom. The average molecular weight is 563 g/mol. The van der Waals surface area contributed by atoms with Gasteiger partial charge in [0.1, 0.15) is 18.4 Å². The van der Waals surface area contributed by atoms with Gasteiger partial charge in [-0.1, -0.05) is 48.3 Å². The van der Waals surface area contributed by atoms with Crippen LogP contribution in [0.3, 0.4) is 0 Å². The number of esters is 1. The van der Waals surface area contributed by atoms with Gasteiger partial charge in [-0.25, -0.2) is 9.79 Å². The Morgan fingerprint density at radius 2 is 1.88 bits per heavy atom. The van der Waals surface area contributed by atoms with Crippen LogP contribution in [-0.2, 0) is 9.53 Å². The maximum atomic E-state index is 14.0. The quantitative estimate of drug-likeness (QED) is 0.252. The van der Waals surface area contributed by atoms with E-state index in [1.165, 1.54) is 11.3 Å². The molecule has 1 atom stereocenters. The van der Waals surface area contributed by atoms with Crippen molar-refractivity contribution in [1.82, 2.24) is 4.57 Å². The van der Waals surface area contributed by atoms with Crippen LogP contribution in [0.1, 0.15) is 51.8 Å². The maximum absolute atomic E-state index is 14.0. The van der Waals surface area contributed by atoms with Gasteiger partial charge in [0.15, 0.2) is 16.3 Å². The molecule has 0 saturated heterocycles. The SMILES string of the molecule is C=CCOc1ccc(/C=c2\sc3n(c2=O)[C@@H](c2ccccc2OC(C)C)C(C(=O)OCC)=C(C)N=3)cc1OCC. The van der Waals surface area contributed by atoms with Crippen LogP contribution in [0.2, 0.25) is 0 Å². The Bertz CT molecular complexity index is 1620. The minimum absolute atomic E-state index is 0.105. The number of rotatable bonds is 11. The summed E-state index contributed by atoms with van der Waals surface area (Å²) in [4.78, 5) is 32.4. The van der Waals surface area contributed by atoms with Gasteiger partial charge in [-0.3, -0.25) is 9.36 Å². The lowest BCUT2D eigenvalue weighted by Gasteiger charge is -2.26. The zero-order valence-electron chi connectivity index (χ0n) is 23.4.